The summed E-state index contributed by atoms with van der Waals surface area (Å²) in [6, 6.07) is 14.3. The normalized spacial score (nSPS) is 12.7. The van der Waals surface area contributed by atoms with Crippen molar-refractivity contribution in [2.45, 2.75) is 32.9 Å². The largest absolute Gasteiger partial charge is 0.454 e. The van der Waals surface area contributed by atoms with Crippen molar-refractivity contribution in [3.8, 4) is 11.5 Å². The van der Waals surface area contributed by atoms with Crippen molar-refractivity contribution in [1.82, 2.24) is 10.2 Å². The van der Waals surface area contributed by atoms with Gasteiger partial charge in [-0.05, 0) is 41.8 Å². The smallest absolute Gasteiger partial charge is 0.234 e. The predicted molar refractivity (Wildman–Crippen MR) is 101 cm³/mol. The molecule has 1 heterocycles. The number of benzene rings is 2. The third-order valence-electron chi connectivity index (χ3n) is 4.44. The van der Waals surface area contributed by atoms with Crippen molar-refractivity contribution in [3.05, 3.63) is 59.2 Å². The SMILES string of the molecule is CC(C)c1ccc(CN(C)CC(=O)NCc2ccc3c(c2)OCO3)cc1. The predicted octanol–water partition coefficient (Wildman–Crippen LogP) is 3.29. The molecule has 0 fully saturated rings. The van der Waals surface area contributed by atoms with Gasteiger partial charge in [0.1, 0.15) is 0 Å². The van der Waals surface area contributed by atoms with Crippen LogP contribution in [0.2, 0.25) is 0 Å². The van der Waals surface area contributed by atoms with E-state index in [2.05, 4.69) is 43.4 Å². The highest BCUT2D eigenvalue weighted by molar-refractivity contribution is 5.78. The minimum atomic E-state index is 0.00367. The number of hydrogen-bond acceptors (Lipinski definition) is 4. The molecule has 0 unspecified atom stereocenters. The Morgan fingerprint density at radius 1 is 1.08 bits per heavy atom. The van der Waals surface area contributed by atoms with E-state index in [-0.39, 0.29) is 12.7 Å². The van der Waals surface area contributed by atoms with Gasteiger partial charge in [0.2, 0.25) is 12.7 Å². The number of ether oxygens (including phenoxy) is 2. The van der Waals surface area contributed by atoms with Crippen LogP contribution in [0.4, 0.5) is 0 Å². The van der Waals surface area contributed by atoms with Crippen molar-refractivity contribution >= 4 is 5.91 Å². The van der Waals surface area contributed by atoms with Gasteiger partial charge in [-0.3, -0.25) is 9.69 Å². The first-order valence-corrected chi connectivity index (χ1v) is 8.94. The fourth-order valence-electron chi connectivity index (χ4n) is 2.93. The van der Waals surface area contributed by atoms with E-state index in [9.17, 15) is 4.79 Å². The van der Waals surface area contributed by atoms with E-state index in [0.717, 1.165) is 23.6 Å². The molecule has 138 valence electrons. The van der Waals surface area contributed by atoms with Gasteiger partial charge in [0, 0.05) is 13.1 Å². The molecule has 0 atom stereocenters. The summed E-state index contributed by atoms with van der Waals surface area (Å²) in [6.45, 7) is 6.21. The van der Waals surface area contributed by atoms with Gasteiger partial charge in [0.25, 0.3) is 0 Å². The molecule has 0 aromatic heterocycles. The van der Waals surface area contributed by atoms with E-state index >= 15 is 0 Å². The molecule has 1 aliphatic rings. The van der Waals surface area contributed by atoms with Crippen LogP contribution in [0.5, 0.6) is 11.5 Å². The Balaban J connectivity index is 1.45. The molecule has 0 aliphatic carbocycles. The van der Waals surface area contributed by atoms with E-state index in [1.165, 1.54) is 11.1 Å². The van der Waals surface area contributed by atoms with Crippen molar-refractivity contribution < 1.29 is 14.3 Å². The van der Waals surface area contributed by atoms with Gasteiger partial charge in [0.05, 0.1) is 6.54 Å². The van der Waals surface area contributed by atoms with E-state index in [0.29, 0.717) is 19.0 Å². The van der Waals surface area contributed by atoms with Gasteiger partial charge in [0.15, 0.2) is 11.5 Å². The summed E-state index contributed by atoms with van der Waals surface area (Å²) in [5.41, 5.74) is 3.54. The molecule has 0 spiro atoms. The molecular weight excluding hydrogens is 328 g/mol. The summed E-state index contributed by atoms with van der Waals surface area (Å²) in [7, 11) is 1.95. The standard InChI is InChI=1S/C21H26N2O3/c1-15(2)18-7-4-16(5-8-18)12-23(3)13-21(24)22-11-17-6-9-19-20(10-17)26-14-25-19/h4-10,15H,11-14H2,1-3H3,(H,22,24). The highest BCUT2D eigenvalue weighted by Crippen LogP contribution is 2.32. The lowest BCUT2D eigenvalue weighted by Gasteiger charge is -2.17. The zero-order valence-electron chi connectivity index (χ0n) is 15.6. The number of hydrogen-bond donors (Lipinski definition) is 1. The second-order valence-corrected chi connectivity index (χ2v) is 7.03. The van der Waals surface area contributed by atoms with Crippen molar-refractivity contribution in [2.75, 3.05) is 20.4 Å². The third-order valence-corrected chi connectivity index (χ3v) is 4.44. The monoisotopic (exact) mass is 354 g/mol. The van der Waals surface area contributed by atoms with Crippen molar-refractivity contribution in [3.63, 3.8) is 0 Å². The van der Waals surface area contributed by atoms with Crippen LogP contribution >= 0.6 is 0 Å². The summed E-state index contributed by atoms with van der Waals surface area (Å²) in [4.78, 5) is 14.2. The lowest BCUT2D eigenvalue weighted by molar-refractivity contribution is -0.122. The molecule has 0 bridgehead atoms. The summed E-state index contributed by atoms with van der Waals surface area (Å²) in [5.74, 6) is 2.02. The minimum absolute atomic E-state index is 0.00367. The maximum absolute atomic E-state index is 12.2. The highest BCUT2D eigenvalue weighted by Gasteiger charge is 2.14. The van der Waals surface area contributed by atoms with Gasteiger partial charge >= 0.3 is 0 Å². The van der Waals surface area contributed by atoms with Crippen LogP contribution in [0.25, 0.3) is 0 Å². The summed E-state index contributed by atoms with van der Waals surface area (Å²) < 4.78 is 10.6. The quantitative estimate of drug-likeness (QED) is 0.829. The van der Waals surface area contributed by atoms with Crippen LogP contribution < -0.4 is 14.8 Å². The van der Waals surface area contributed by atoms with Gasteiger partial charge < -0.3 is 14.8 Å². The van der Waals surface area contributed by atoms with E-state index in [1.807, 2.05) is 30.1 Å². The van der Waals surface area contributed by atoms with Crippen LogP contribution in [-0.2, 0) is 17.9 Å². The summed E-state index contributed by atoms with van der Waals surface area (Å²) in [5, 5.41) is 2.95. The van der Waals surface area contributed by atoms with Crippen LogP contribution in [-0.4, -0.2) is 31.2 Å². The first kappa shape index (κ1) is 18.3. The Morgan fingerprint density at radius 3 is 2.50 bits per heavy atom. The molecule has 1 N–H and O–H groups in total. The van der Waals surface area contributed by atoms with E-state index < -0.39 is 0 Å². The molecule has 1 amide bonds. The summed E-state index contributed by atoms with van der Waals surface area (Å²) in [6.07, 6.45) is 0. The number of carbonyl (C=O) groups is 1. The Hall–Kier alpha value is -2.53. The molecule has 5 nitrogen and oxygen atoms in total. The van der Waals surface area contributed by atoms with E-state index in [4.69, 9.17) is 9.47 Å². The number of amides is 1. The number of nitrogens with zero attached hydrogens (tertiary/aromatic N) is 1. The molecule has 5 heteroatoms. The molecule has 3 rings (SSSR count). The fourth-order valence-corrected chi connectivity index (χ4v) is 2.93. The molecule has 26 heavy (non-hydrogen) atoms. The van der Waals surface area contributed by atoms with Gasteiger partial charge in [-0.1, -0.05) is 44.2 Å². The zero-order valence-corrected chi connectivity index (χ0v) is 15.6. The molecule has 2 aromatic rings. The molecule has 0 saturated heterocycles. The molecular formula is C21H26N2O3. The van der Waals surface area contributed by atoms with Crippen molar-refractivity contribution in [2.24, 2.45) is 0 Å². The Labute approximate surface area is 154 Å². The van der Waals surface area contributed by atoms with Crippen LogP contribution in [0.15, 0.2) is 42.5 Å². The van der Waals surface area contributed by atoms with Crippen LogP contribution in [0.1, 0.15) is 36.5 Å². The number of fused-ring (bicyclic) bond motifs is 1. The number of nitrogens with one attached hydrogen (secondary N) is 1. The third kappa shape index (κ3) is 4.76. The average molecular weight is 354 g/mol. The Kier molecular flexibility index (Phi) is 5.78. The van der Waals surface area contributed by atoms with Gasteiger partial charge in [-0.25, -0.2) is 0 Å². The number of carbonyl (C=O) groups excluding carboxylic acids is 1. The second-order valence-electron chi connectivity index (χ2n) is 7.03. The maximum Gasteiger partial charge on any atom is 0.234 e. The average Bonchev–Trinajstić information content (AvgIpc) is 3.08. The molecule has 1 aliphatic heterocycles. The van der Waals surface area contributed by atoms with Gasteiger partial charge in [-0.2, -0.15) is 0 Å². The minimum Gasteiger partial charge on any atom is -0.454 e. The topological polar surface area (TPSA) is 50.8 Å². The Bertz CT molecular complexity index is 756. The van der Waals surface area contributed by atoms with Crippen molar-refractivity contribution in [1.29, 1.82) is 0 Å². The zero-order chi connectivity index (χ0) is 18.5. The lowest BCUT2D eigenvalue weighted by atomic mass is 10.0. The second kappa shape index (κ2) is 8.23. The number of likely N-dealkylation sites (N-methyl/N-ethyl adjacent to an activating group) is 1. The maximum atomic E-state index is 12.2. The molecule has 0 saturated carbocycles. The highest BCUT2D eigenvalue weighted by atomic mass is 16.7. The van der Waals surface area contributed by atoms with Crippen LogP contribution in [0, 0.1) is 0 Å². The fraction of sp³-hybridized carbons (Fsp3) is 0.381. The lowest BCUT2D eigenvalue weighted by Crippen LogP contribution is -2.34. The Morgan fingerprint density at radius 2 is 1.77 bits per heavy atom. The van der Waals surface area contributed by atoms with Gasteiger partial charge in [-0.15, -0.1) is 0 Å². The van der Waals surface area contributed by atoms with Crippen LogP contribution in [0.3, 0.4) is 0 Å². The first-order chi connectivity index (χ1) is 12.5. The summed E-state index contributed by atoms with van der Waals surface area (Å²) >= 11 is 0. The molecule has 2 aromatic carbocycles. The van der Waals surface area contributed by atoms with E-state index in [1.54, 1.807) is 0 Å². The number of rotatable bonds is 7. The first-order valence-electron chi connectivity index (χ1n) is 8.94. The molecule has 0 radical (unpaired) electrons.